The molecule has 2 rings (SSSR count). The zero-order valence-electron chi connectivity index (χ0n) is 12.7. The van der Waals surface area contributed by atoms with Gasteiger partial charge in [-0.3, -0.25) is 9.48 Å². The molecule has 0 unspecified atom stereocenters. The highest BCUT2D eigenvalue weighted by atomic mass is 16.1. The fourth-order valence-electron chi connectivity index (χ4n) is 2.68. The lowest BCUT2D eigenvalue weighted by atomic mass is 10.0. The minimum Gasteiger partial charge on any atom is -0.298 e. The lowest BCUT2D eigenvalue weighted by Gasteiger charge is -2.12. The van der Waals surface area contributed by atoms with E-state index in [1.807, 2.05) is 10.9 Å². The van der Waals surface area contributed by atoms with Crippen molar-refractivity contribution in [1.82, 2.24) is 9.78 Å². The SMILES string of the molecule is CCC(CC)n1cc(C=O)c(-c2cc(C)cc(C)c2)n1. The van der Waals surface area contributed by atoms with E-state index in [1.165, 1.54) is 11.1 Å². The van der Waals surface area contributed by atoms with Crippen molar-refractivity contribution in [3.05, 3.63) is 41.1 Å². The van der Waals surface area contributed by atoms with Crippen LogP contribution in [-0.4, -0.2) is 16.1 Å². The molecule has 0 fully saturated rings. The predicted octanol–water partition coefficient (Wildman–Crippen LogP) is 4.34. The van der Waals surface area contributed by atoms with Crippen LogP contribution in [0.4, 0.5) is 0 Å². The quantitative estimate of drug-likeness (QED) is 0.757. The minimum atomic E-state index is 0.355. The van der Waals surface area contributed by atoms with Gasteiger partial charge >= 0.3 is 0 Å². The van der Waals surface area contributed by atoms with Gasteiger partial charge in [-0.05, 0) is 38.8 Å². The van der Waals surface area contributed by atoms with Gasteiger partial charge in [0.25, 0.3) is 0 Å². The van der Waals surface area contributed by atoms with Crippen LogP contribution in [0.1, 0.15) is 54.2 Å². The average Bonchev–Trinajstić information content (AvgIpc) is 2.83. The Kier molecular flexibility index (Phi) is 4.38. The zero-order valence-corrected chi connectivity index (χ0v) is 12.7. The smallest absolute Gasteiger partial charge is 0.153 e. The van der Waals surface area contributed by atoms with Gasteiger partial charge in [0.1, 0.15) is 5.69 Å². The molecule has 0 aliphatic rings. The number of aromatic nitrogens is 2. The molecule has 0 amide bonds. The van der Waals surface area contributed by atoms with Gasteiger partial charge in [0.2, 0.25) is 0 Å². The highest BCUT2D eigenvalue weighted by Gasteiger charge is 2.15. The van der Waals surface area contributed by atoms with E-state index in [1.54, 1.807) is 0 Å². The Morgan fingerprint density at radius 1 is 1.15 bits per heavy atom. The molecule has 106 valence electrons. The Morgan fingerprint density at radius 3 is 2.25 bits per heavy atom. The first-order chi connectivity index (χ1) is 9.58. The van der Waals surface area contributed by atoms with Gasteiger partial charge in [-0.15, -0.1) is 0 Å². The molecule has 1 aromatic heterocycles. The Bertz CT molecular complexity index is 589. The van der Waals surface area contributed by atoms with Crippen LogP contribution in [0.3, 0.4) is 0 Å². The summed E-state index contributed by atoms with van der Waals surface area (Å²) in [7, 11) is 0. The molecule has 0 radical (unpaired) electrons. The van der Waals surface area contributed by atoms with Gasteiger partial charge in [0.05, 0.1) is 11.6 Å². The molecule has 3 nitrogen and oxygen atoms in total. The van der Waals surface area contributed by atoms with Crippen molar-refractivity contribution in [2.45, 2.75) is 46.6 Å². The van der Waals surface area contributed by atoms with E-state index in [-0.39, 0.29) is 0 Å². The number of aldehydes is 1. The van der Waals surface area contributed by atoms with Crippen molar-refractivity contribution in [3.63, 3.8) is 0 Å². The lowest BCUT2D eigenvalue weighted by molar-refractivity contribution is 0.112. The van der Waals surface area contributed by atoms with Gasteiger partial charge in [-0.2, -0.15) is 5.10 Å². The molecule has 3 heteroatoms. The van der Waals surface area contributed by atoms with Crippen LogP contribution in [0.5, 0.6) is 0 Å². The largest absolute Gasteiger partial charge is 0.298 e. The summed E-state index contributed by atoms with van der Waals surface area (Å²) < 4.78 is 1.94. The first-order valence-corrected chi connectivity index (χ1v) is 7.22. The first kappa shape index (κ1) is 14.5. The monoisotopic (exact) mass is 270 g/mol. The Hall–Kier alpha value is -1.90. The maximum absolute atomic E-state index is 11.3. The van der Waals surface area contributed by atoms with Crippen LogP contribution >= 0.6 is 0 Å². The van der Waals surface area contributed by atoms with Crippen molar-refractivity contribution < 1.29 is 4.79 Å². The van der Waals surface area contributed by atoms with E-state index < -0.39 is 0 Å². The number of hydrogen-bond donors (Lipinski definition) is 0. The summed E-state index contributed by atoms with van der Waals surface area (Å²) in [6, 6.07) is 6.65. The highest BCUT2D eigenvalue weighted by molar-refractivity contribution is 5.85. The molecule has 20 heavy (non-hydrogen) atoms. The highest BCUT2D eigenvalue weighted by Crippen LogP contribution is 2.26. The maximum atomic E-state index is 11.3. The molecule has 2 aromatic rings. The Balaban J connectivity index is 2.52. The number of hydrogen-bond acceptors (Lipinski definition) is 2. The number of nitrogens with zero attached hydrogens (tertiary/aromatic N) is 2. The van der Waals surface area contributed by atoms with E-state index in [2.05, 4.69) is 51.0 Å². The van der Waals surface area contributed by atoms with Crippen molar-refractivity contribution in [1.29, 1.82) is 0 Å². The molecule has 0 aliphatic heterocycles. The van der Waals surface area contributed by atoms with Crippen LogP contribution in [0, 0.1) is 13.8 Å². The third-order valence-electron chi connectivity index (χ3n) is 3.70. The number of benzene rings is 1. The summed E-state index contributed by atoms with van der Waals surface area (Å²) in [4.78, 5) is 11.3. The summed E-state index contributed by atoms with van der Waals surface area (Å²) in [5.41, 5.74) is 4.86. The molecule has 0 saturated carbocycles. The number of carbonyl (C=O) groups excluding carboxylic acids is 1. The topological polar surface area (TPSA) is 34.9 Å². The Labute approximate surface area is 120 Å². The molecule has 0 bridgehead atoms. The molecule has 0 spiro atoms. The fraction of sp³-hybridized carbons (Fsp3) is 0.412. The van der Waals surface area contributed by atoms with Crippen molar-refractivity contribution in [2.24, 2.45) is 0 Å². The standard InChI is InChI=1S/C17H22N2O/c1-5-16(6-2)19-10-15(11-20)17(18-19)14-8-12(3)7-13(4)9-14/h7-11,16H,5-6H2,1-4H3. The number of carbonyl (C=O) groups is 1. The van der Waals surface area contributed by atoms with Crippen molar-refractivity contribution in [3.8, 4) is 11.3 Å². The van der Waals surface area contributed by atoms with Crippen LogP contribution in [0.2, 0.25) is 0 Å². The maximum Gasteiger partial charge on any atom is 0.153 e. The van der Waals surface area contributed by atoms with E-state index in [0.717, 1.165) is 30.4 Å². The van der Waals surface area contributed by atoms with Crippen LogP contribution < -0.4 is 0 Å². The van der Waals surface area contributed by atoms with Crippen LogP contribution in [0.25, 0.3) is 11.3 Å². The molecule has 0 N–H and O–H groups in total. The van der Waals surface area contributed by atoms with E-state index in [0.29, 0.717) is 11.6 Å². The third-order valence-corrected chi connectivity index (χ3v) is 3.70. The van der Waals surface area contributed by atoms with E-state index >= 15 is 0 Å². The molecule has 0 saturated heterocycles. The summed E-state index contributed by atoms with van der Waals surface area (Å²) in [6.45, 7) is 8.42. The average molecular weight is 270 g/mol. The van der Waals surface area contributed by atoms with Gasteiger partial charge in [0, 0.05) is 11.8 Å². The summed E-state index contributed by atoms with van der Waals surface area (Å²) >= 11 is 0. The summed E-state index contributed by atoms with van der Waals surface area (Å²) in [6.07, 6.45) is 4.81. The second-order valence-electron chi connectivity index (χ2n) is 5.38. The van der Waals surface area contributed by atoms with Gasteiger partial charge in [-0.1, -0.05) is 31.0 Å². The third kappa shape index (κ3) is 2.82. The van der Waals surface area contributed by atoms with E-state index in [4.69, 9.17) is 0 Å². The molecule has 1 aromatic carbocycles. The minimum absolute atomic E-state index is 0.355. The predicted molar refractivity (Wildman–Crippen MR) is 82.1 cm³/mol. The van der Waals surface area contributed by atoms with Crippen LogP contribution in [-0.2, 0) is 0 Å². The normalized spacial score (nSPS) is 11.1. The zero-order chi connectivity index (χ0) is 14.7. The second kappa shape index (κ2) is 6.04. The Morgan fingerprint density at radius 2 is 1.75 bits per heavy atom. The van der Waals surface area contributed by atoms with Crippen molar-refractivity contribution in [2.75, 3.05) is 0 Å². The summed E-state index contributed by atoms with van der Waals surface area (Å²) in [5, 5.41) is 4.66. The van der Waals surface area contributed by atoms with Crippen molar-refractivity contribution >= 4 is 6.29 Å². The molecular weight excluding hydrogens is 248 g/mol. The molecule has 0 aliphatic carbocycles. The van der Waals surface area contributed by atoms with E-state index in [9.17, 15) is 4.79 Å². The molecule has 0 atom stereocenters. The molecular formula is C17H22N2O. The van der Waals surface area contributed by atoms with Crippen LogP contribution in [0.15, 0.2) is 24.4 Å². The number of aryl methyl sites for hydroxylation is 2. The first-order valence-electron chi connectivity index (χ1n) is 7.22. The van der Waals surface area contributed by atoms with Gasteiger partial charge in [-0.25, -0.2) is 0 Å². The second-order valence-corrected chi connectivity index (χ2v) is 5.38. The fourth-order valence-corrected chi connectivity index (χ4v) is 2.68. The number of rotatable bonds is 5. The summed E-state index contributed by atoms with van der Waals surface area (Å²) in [5.74, 6) is 0. The van der Waals surface area contributed by atoms with Gasteiger partial charge < -0.3 is 0 Å². The molecule has 1 heterocycles. The van der Waals surface area contributed by atoms with Gasteiger partial charge in [0.15, 0.2) is 6.29 Å². The lowest BCUT2D eigenvalue weighted by Crippen LogP contribution is -2.07.